The first-order chi connectivity index (χ1) is 13.8. The van der Waals surface area contributed by atoms with E-state index in [0.29, 0.717) is 11.1 Å². The van der Waals surface area contributed by atoms with Crippen molar-refractivity contribution in [1.82, 2.24) is 10.9 Å². The molecule has 0 saturated heterocycles. The normalized spacial score (nSPS) is 10.6. The molecule has 8 heteroatoms. The molecule has 0 radical (unpaired) electrons. The van der Waals surface area contributed by atoms with E-state index in [-0.39, 0.29) is 12.0 Å². The molecule has 2 amide bonds. The standard InChI is InChI=1S/C21H19FN2O5/c1-12-7-16-14(10-28-18(16)8-13(12)2)9-20(26)29-11-19(25)23-24-21(27)15-5-3-4-6-17(15)22/h3-8,10H,9,11H2,1-2H3,(H,23,25)(H,24,27). The fourth-order valence-electron chi connectivity index (χ4n) is 2.70. The number of halogens is 1. The van der Waals surface area contributed by atoms with Gasteiger partial charge in [0.15, 0.2) is 6.61 Å². The Hall–Kier alpha value is -3.68. The van der Waals surface area contributed by atoms with Gasteiger partial charge in [0.05, 0.1) is 18.2 Å². The van der Waals surface area contributed by atoms with Crippen LogP contribution in [0.1, 0.15) is 27.0 Å². The van der Waals surface area contributed by atoms with E-state index >= 15 is 0 Å². The quantitative estimate of drug-likeness (QED) is 0.509. The number of amides is 2. The second-order valence-electron chi connectivity index (χ2n) is 6.51. The number of hydrogen-bond acceptors (Lipinski definition) is 5. The molecule has 0 unspecified atom stereocenters. The zero-order valence-corrected chi connectivity index (χ0v) is 15.9. The first-order valence-corrected chi connectivity index (χ1v) is 8.82. The van der Waals surface area contributed by atoms with Crippen LogP contribution in [0.15, 0.2) is 47.1 Å². The highest BCUT2D eigenvalue weighted by atomic mass is 19.1. The molecular formula is C21H19FN2O5. The summed E-state index contributed by atoms with van der Waals surface area (Å²) < 4.78 is 23.9. The van der Waals surface area contributed by atoms with Crippen LogP contribution in [0.3, 0.4) is 0 Å². The third-order valence-corrected chi connectivity index (χ3v) is 4.40. The van der Waals surface area contributed by atoms with Crippen molar-refractivity contribution in [3.63, 3.8) is 0 Å². The molecule has 0 bridgehead atoms. The first kappa shape index (κ1) is 20.1. The molecule has 0 fully saturated rings. The summed E-state index contributed by atoms with van der Waals surface area (Å²) in [5.41, 5.74) is 7.38. The van der Waals surface area contributed by atoms with Gasteiger partial charge in [-0.25, -0.2) is 4.39 Å². The van der Waals surface area contributed by atoms with Gasteiger partial charge in [-0.3, -0.25) is 25.2 Å². The van der Waals surface area contributed by atoms with E-state index in [2.05, 4.69) is 10.9 Å². The van der Waals surface area contributed by atoms with Crippen molar-refractivity contribution in [2.24, 2.45) is 0 Å². The fraction of sp³-hybridized carbons (Fsp3) is 0.190. The molecule has 1 aromatic heterocycles. The minimum absolute atomic E-state index is 0.0651. The highest BCUT2D eigenvalue weighted by Gasteiger charge is 2.15. The summed E-state index contributed by atoms with van der Waals surface area (Å²) in [6.07, 6.45) is 1.42. The lowest BCUT2D eigenvalue weighted by atomic mass is 10.0. The van der Waals surface area contributed by atoms with E-state index in [1.54, 1.807) is 0 Å². The Morgan fingerprint density at radius 1 is 1.07 bits per heavy atom. The third kappa shape index (κ3) is 4.78. The number of hydrogen-bond donors (Lipinski definition) is 2. The molecule has 0 spiro atoms. The number of ether oxygens (including phenoxy) is 1. The molecule has 0 aliphatic heterocycles. The highest BCUT2D eigenvalue weighted by Crippen LogP contribution is 2.25. The topological polar surface area (TPSA) is 97.6 Å². The van der Waals surface area contributed by atoms with Crippen molar-refractivity contribution in [3.05, 3.63) is 70.7 Å². The number of rotatable bonds is 5. The van der Waals surface area contributed by atoms with E-state index in [1.165, 1.54) is 24.5 Å². The van der Waals surface area contributed by atoms with Crippen molar-refractivity contribution in [2.75, 3.05) is 6.61 Å². The zero-order chi connectivity index (χ0) is 21.0. The molecule has 0 atom stereocenters. The van der Waals surface area contributed by atoms with Crippen LogP contribution in [-0.2, 0) is 20.7 Å². The Balaban J connectivity index is 1.49. The van der Waals surface area contributed by atoms with Gasteiger partial charge in [0.25, 0.3) is 11.8 Å². The Morgan fingerprint density at radius 3 is 2.55 bits per heavy atom. The Morgan fingerprint density at radius 2 is 1.79 bits per heavy atom. The number of carbonyl (C=O) groups is 3. The van der Waals surface area contributed by atoms with Gasteiger partial charge in [-0.2, -0.15) is 0 Å². The van der Waals surface area contributed by atoms with Crippen LogP contribution >= 0.6 is 0 Å². The molecule has 0 aliphatic rings. The van der Waals surface area contributed by atoms with Crippen LogP contribution in [0.2, 0.25) is 0 Å². The number of benzene rings is 2. The molecule has 29 heavy (non-hydrogen) atoms. The van der Waals surface area contributed by atoms with Gasteiger partial charge in [-0.05, 0) is 49.2 Å². The molecule has 2 N–H and O–H groups in total. The van der Waals surface area contributed by atoms with Crippen LogP contribution in [0.5, 0.6) is 0 Å². The van der Waals surface area contributed by atoms with Crippen molar-refractivity contribution in [3.8, 4) is 0 Å². The van der Waals surface area contributed by atoms with Gasteiger partial charge in [-0.15, -0.1) is 0 Å². The van der Waals surface area contributed by atoms with E-state index in [0.717, 1.165) is 22.6 Å². The fourth-order valence-corrected chi connectivity index (χ4v) is 2.70. The van der Waals surface area contributed by atoms with Crippen LogP contribution in [0.25, 0.3) is 11.0 Å². The molecule has 3 aromatic rings. The predicted octanol–water partition coefficient (Wildman–Crippen LogP) is 2.74. The van der Waals surface area contributed by atoms with Crippen molar-refractivity contribution >= 4 is 28.8 Å². The second kappa shape index (κ2) is 8.55. The summed E-state index contributed by atoms with van der Waals surface area (Å²) in [7, 11) is 0. The minimum atomic E-state index is -0.821. The van der Waals surface area contributed by atoms with Crippen LogP contribution in [0, 0.1) is 19.7 Å². The summed E-state index contributed by atoms with van der Waals surface area (Å²) in [6, 6.07) is 9.16. The summed E-state index contributed by atoms with van der Waals surface area (Å²) in [6.45, 7) is 3.34. The van der Waals surface area contributed by atoms with Crippen molar-refractivity contribution < 1.29 is 27.9 Å². The average molecular weight is 398 g/mol. The maximum atomic E-state index is 13.5. The molecule has 0 aliphatic carbocycles. The molecule has 0 saturated carbocycles. The maximum absolute atomic E-state index is 13.5. The van der Waals surface area contributed by atoms with Gasteiger partial charge in [0, 0.05) is 10.9 Å². The van der Waals surface area contributed by atoms with Crippen molar-refractivity contribution in [1.29, 1.82) is 0 Å². The van der Waals surface area contributed by atoms with Gasteiger partial charge >= 0.3 is 5.97 Å². The largest absolute Gasteiger partial charge is 0.464 e. The second-order valence-corrected chi connectivity index (χ2v) is 6.51. The van der Waals surface area contributed by atoms with Gasteiger partial charge in [0.1, 0.15) is 11.4 Å². The number of esters is 1. The summed E-state index contributed by atoms with van der Waals surface area (Å²) in [4.78, 5) is 35.6. The van der Waals surface area contributed by atoms with E-state index < -0.39 is 30.2 Å². The molecule has 150 valence electrons. The molecule has 2 aromatic carbocycles. The van der Waals surface area contributed by atoms with Crippen LogP contribution in [0.4, 0.5) is 4.39 Å². The molecule has 7 nitrogen and oxygen atoms in total. The van der Waals surface area contributed by atoms with Crippen molar-refractivity contribution in [2.45, 2.75) is 20.3 Å². The molecule has 1 heterocycles. The number of aryl methyl sites for hydroxylation is 2. The Labute approximate surface area is 165 Å². The number of fused-ring (bicyclic) bond motifs is 1. The third-order valence-electron chi connectivity index (χ3n) is 4.40. The minimum Gasteiger partial charge on any atom is -0.464 e. The summed E-state index contributed by atoms with van der Waals surface area (Å²) in [5, 5.41) is 0.812. The maximum Gasteiger partial charge on any atom is 0.310 e. The van der Waals surface area contributed by atoms with Crippen LogP contribution in [-0.4, -0.2) is 24.4 Å². The summed E-state index contributed by atoms with van der Waals surface area (Å²) >= 11 is 0. The first-order valence-electron chi connectivity index (χ1n) is 8.82. The number of carbonyl (C=O) groups excluding carboxylic acids is 3. The lowest BCUT2D eigenvalue weighted by Gasteiger charge is -2.08. The van der Waals surface area contributed by atoms with E-state index in [9.17, 15) is 18.8 Å². The molecule has 3 rings (SSSR count). The number of furan rings is 1. The van der Waals surface area contributed by atoms with E-state index in [4.69, 9.17) is 9.15 Å². The van der Waals surface area contributed by atoms with Gasteiger partial charge < -0.3 is 9.15 Å². The lowest BCUT2D eigenvalue weighted by molar-refractivity contribution is -0.148. The average Bonchev–Trinajstić information content (AvgIpc) is 3.06. The monoisotopic (exact) mass is 398 g/mol. The number of hydrazine groups is 1. The summed E-state index contributed by atoms with van der Waals surface area (Å²) in [5.74, 6) is -2.92. The number of nitrogens with one attached hydrogen (secondary N) is 2. The van der Waals surface area contributed by atoms with Crippen LogP contribution < -0.4 is 10.9 Å². The zero-order valence-electron chi connectivity index (χ0n) is 15.9. The highest BCUT2D eigenvalue weighted by molar-refractivity contribution is 5.95. The van der Waals surface area contributed by atoms with Gasteiger partial charge in [-0.1, -0.05) is 12.1 Å². The Kier molecular flexibility index (Phi) is 5.92. The van der Waals surface area contributed by atoms with E-state index in [1.807, 2.05) is 26.0 Å². The van der Waals surface area contributed by atoms with Gasteiger partial charge in [0.2, 0.25) is 0 Å². The smallest absolute Gasteiger partial charge is 0.310 e. The molecular weight excluding hydrogens is 379 g/mol. The lowest BCUT2D eigenvalue weighted by Crippen LogP contribution is -2.43. The Bertz CT molecular complexity index is 1090. The SMILES string of the molecule is Cc1cc2occ(CC(=O)OCC(=O)NNC(=O)c3ccccc3F)c2cc1C. The predicted molar refractivity (Wildman–Crippen MR) is 102 cm³/mol.